The largest absolute Gasteiger partial charge is 0.513 e. The summed E-state index contributed by atoms with van der Waals surface area (Å²) in [6.07, 6.45) is 0.434. The van der Waals surface area contributed by atoms with Gasteiger partial charge in [0.2, 0.25) is 0 Å². The molecule has 3 aromatic carbocycles. The summed E-state index contributed by atoms with van der Waals surface area (Å²) in [7, 11) is 0. The van der Waals surface area contributed by atoms with Crippen molar-refractivity contribution in [1.29, 1.82) is 0 Å². The van der Waals surface area contributed by atoms with Gasteiger partial charge in [-0.05, 0) is 93.1 Å². The van der Waals surface area contributed by atoms with Crippen molar-refractivity contribution in [2.24, 2.45) is 0 Å². The van der Waals surface area contributed by atoms with Gasteiger partial charge in [0.25, 0.3) is 5.91 Å². The van der Waals surface area contributed by atoms with E-state index in [0.29, 0.717) is 50.3 Å². The van der Waals surface area contributed by atoms with Gasteiger partial charge in [0.15, 0.2) is 0 Å². The van der Waals surface area contributed by atoms with Crippen molar-refractivity contribution in [2.75, 3.05) is 13.2 Å². The number of hydrogen-bond acceptors (Lipinski definition) is 6. The van der Waals surface area contributed by atoms with E-state index in [0.717, 1.165) is 22.4 Å². The van der Waals surface area contributed by atoms with E-state index in [-0.39, 0.29) is 18.4 Å². The second kappa shape index (κ2) is 15.3. The van der Waals surface area contributed by atoms with E-state index in [1.807, 2.05) is 98.5 Å². The monoisotopic (exact) mass is 547 g/mol. The van der Waals surface area contributed by atoms with Gasteiger partial charge < -0.3 is 24.2 Å². The summed E-state index contributed by atoms with van der Waals surface area (Å²) in [5.41, 5.74) is 3.63. The maximum absolute atomic E-state index is 13.5. The average molecular weight is 548 g/mol. The minimum atomic E-state index is -1.58. The first-order valence-corrected chi connectivity index (χ1v) is 13.6. The maximum atomic E-state index is 13.5. The zero-order valence-corrected chi connectivity index (χ0v) is 23.3. The first-order chi connectivity index (χ1) is 19.3. The number of benzene rings is 3. The number of unbranched alkanes of at least 4 members (excludes halogenated alkanes) is 2. The van der Waals surface area contributed by atoms with Gasteiger partial charge in [-0.1, -0.05) is 36.4 Å². The summed E-state index contributed by atoms with van der Waals surface area (Å²) in [4.78, 5) is 36.9. The zero-order valence-electron chi connectivity index (χ0n) is 23.3. The molecule has 0 bridgehead atoms. The third-order valence-electron chi connectivity index (χ3n) is 6.24. The first-order valence-electron chi connectivity index (χ1n) is 13.6. The molecule has 0 aliphatic heterocycles. The van der Waals surface area contributed by atoms with Gasteiger partial charge in [0.05, 0.1) is 13.2 Å². The number of carbonyl (C=O) groups excluding carboxylic acids is 2. The molecule has 8 heteroatoms. The number of esters is 1. The second-order valence-electron chi connectivity index (χ2n) is 9.61. The van der Waals surface area contributed by atoms with Crippen LogP contribution in [0.5, 0.6) is 11.5 Å². The lowest BCUT2D eigenvalue weighted by Crippen LogP contribution is -2.36. The van der Waals surface area contributed by atoms with Gasteiger partial charge in [-0.15, -0.1) is 0 Å². The molecule has 0 saturated heterocycles. The molecular weight excluding hydrogens is 510 g/mol. The third-order valence-corrected chi connectivity index (χ3v) is 6.24. The van der Waals surface area contributed by atoms with Gasteiger partial charge in [-0.3, -0.25) is 9.59 Å². The molecule has 3 rings (SSSR count). The number of nitrogens with zero attached hydrogens (tertiary/aromatic N) is 1. The van der Waals surface area contributed by atoms with E-state index in [1.54, 1.807) is 0 Å². The molecule has 212 valence electrons. The van der Waals surface area contributed by atoms with Crippen LogP contribution in [0.1, 0.15) is 62.4 Å². The highest BCUT2D eigenvalue weighted by atomic mass is 16.7. The van der Waals surface area contributed by atoms with Crippen molar-refractivity contribution in [3.05, 3.63) is 83.9 Å². The highest BCUT2D eigenvalue weighted by molar-refractivity contribution is 5.95. The van der Waals surface area contributed by atoms with Gasteiger partial charge in [0.1, 0.15) is 11.5 Å². The lowest BCUT2D eigenvalue weighted by Gasteiger charge is -2.27. The Morgan fingerprint density at radius 2 is 1.52 bits per heavy atom. The molecule has 0 spiro atoms. The molecule has 0 heterocycles. The summed E-state index contributed by atoms with van der Waals surface area (Å²) >= 11 is 0. The fourth-order valence-corrected chi connectivity index (χ4v) is 4.21. The maximum Gasteiger partial charge on any atom is 0.513 e. The first kappa shape index (κ1) is 30.2. The zero-order chi connectivity index (χ0) is 28.9. The summed E-state index contributed by atoms with van der Waals surface area (Å²) in [5, 5.41) is 8.43. The van der Waals surface area contributed by atoms with Crippen LogP contribution in [0, 0.1) is 0 Å². The molecule has 0 radical (unpaired) electrons. The third kappa shape index (κ3) is 9.45. The topological polar surface area (TPSA) is 102 Å². The van der Waals surface area contributed by atoms with Crippen LogP contribution in [-0.2, 0) is 16.1 Å². The van der Waals surface area contributed by atoms with Crippen LogP contribution < -0.4 is 9.47 Å². The van der Waals surface area contributed by atoms with E-state index in [2.05, 4.69) is 4.74 Å². The lowest BCUT2D eigenvalue weighted by molar-refractivity contribution is -0.139. The van der Waals surface area contributed by atoms with Crippen molar-refractivity contribution in [2.45, 2.75) is 59.0 Å². The average Bonchev–Trinajstić information content (AvgIpc) is 2.93. The molecule has 3 aromatic rings. The Morgan fingerprint density at radius 1 is 0.825 bits per heavy atom. The predicted octanol–water partition coefficient (Wildman–Crippen LogP) is 6.96. The van der Waals surface area contributed by atoms with E-state index in [4.69, 9.17) is 14.6 Å². The molecule has 0 saturated carbocycles. The molecule has 0 aliphatic carbocycles. The Balaban J connectivity index is 1.56. The molecule has 0 aromatic heterocycles. The molecule has 1 N–H and O–H groups in total. The summed E-state index contributed by atoms with van der Waals surface area (Å²) in [6.45, 7) is 7.46. The summed E-state index contributed by atoms with van der Waals surface area (Å²) in [6, 6.07) is 23.2. The number of rotatable bonds is 14. The van der Waals surface area contributed by atoms with Crippen LogP contribution in [0.2, 0.25) is 0 Å². The fraction of sp³-hybridized carbons (Fsp3) is 0.344. The van der Waals surface area contributed by atoms with Crippen LogP contribution in [0.3, 0.4) is 0 Å². The van der Waals surface area contributed by atoms with Crippen LogP contribution in [0.4, 0.5) is 4.79 Å². The van der Waals surface area contributed by atoms with E-state index in [1.165, 1.54) is 0 Å². The standard InChI is InChI=1S/C32H37NO7/c1-4-38-29-13-9-11-27(21-29)25-15-17-26(18-16-25)31(35)33(23(2)3)22-24-10-8-12-28(20-24)39-19-7-5-6-14-30(34)40-32(36)37/h8-13,15-18,20-21,23H,4-7,14,19,22H2,1-3H3,(H,36,37). The van der Waals surface area contributed by atoms with Gasteiger partial charge >= 0.3 is 12.1 Å². The number of carbonyl (C=O) groups is 3. The predicted molar refractivity (Wildman–Crippen MR) is 153 cm³/mol. The van der Waals surface area contributed by atoms with E-state index < -0.39 is 12.1 Å². The van der Waals surface area contributed by atoms with E-state index in [9.17, 15) is 14.4 Å². The van der Waals surface area contributed by atoms with Crippen molar-refractivity contribution in [3.63, 3.8) is 0 Å². The number of hydrogen-bond donors (Lipinski definition) is 1. The fourth-order valence-electron chi connectivity index (χ4n) is 4.21. The van der Waals surface area contributed by atoms with Gasteiger partial charge in [0, 0.05) is 24.6 Å². The molecule has 0 aliphatic rings. The molecule has 0 atom stereocenters. The van der Waals surface area contributed by atoms with Gasteiger partial charge in [-0.2, -0.15) is 0 Å². The quantitative estimate of drug-likeness (QED) is 0.132. The molecular formula is C32H37NO7. The summed E-state index contributed by atoms with van der Waals surface area (Å²) in [5.74, 6) is 0.737. The van der Waals surface area contributed by atoms with Crippen LogP contribution in [0.25, 0.3) is 11.1 Å². The molecule has 0 unspecified atom stereocenters. The Morgan fingerprint density at radius 3 is 2.20 bits per heavy atom. The number of carboxylic acid groups (broad SMARTS) is 1. The molecule has 1 amide bonds. The Labute approximate surface area is 235 Å². The van der Waals surface area contributed by atoms with Crippen molar-refractivity contribution in [1.82, 2.24) is 4.90 Å². The molecule has 40 heavy (non-hydrogen) atoms. The Hall–Kier alpha value is -4.33. The smallest absolute Gasteiger partial charge is 0.494 e. The Kier molecular flexibility index (Phi) is 11.6. The van der Waals surface area contributed by atoms with Crippen molar-refractivity contribution in [3.8, 4) is 22.6 Å². The molecule has 0 fully saturated rings. The highest BCUT2D eigenvalue weighted by Gasteiger charge is 2.19. The number of amides is 1. The number of ether oxygens (including phenoxy) is 3. The van der Waals surface area contributed by atoms with Gasteiger partial charge in [-0.25, -0.2) is 4.79 Å². The molecule has 8 nitrogen and oxygen atoms in total. The minimum Gasteiger partial charge on any atom is -0.494 e. The highest BCUT2D eigenvalue weighted by Crippen LogP contribution is 2.25. The van der Waals surface area contributed by atoms with Crippen LogP contribution in [0.15, 0.2) is 72.8 Å². The van der Waals surface area contributed by atoms with Crippen molar-refractivity contribution < 1.29 is 33.7 Å². The van der Waals surface area contributed by atoms with Crippen LogP contribution >= 0.6 is 0 Å². The minimum absolute atomic E-state index is 0.00700. The lowest BCUT2D eigenvalue weighted by atomic mass is 10.0. The Bertz CT molecular complexity index is 1270. The van der Waals surface area contributed by atoms with E-state index >= 15 is 0 Å². The SMILES string of the molecule is CCOc1cccc(-c2ccc(C(=O)N(Cc3cccc(OCCCCCC(=O)OC(=O)O)c3)C(C)C)cc2)c1. The summed E-state index contributed by atoms with van der Waals surface area (Å²) < 4.78 is 15.6. The van der Waals surface area contributed by atoms with Crippen molar-refractivity contribution >= 4 is 18.0 Å². The normalized spacial score (nSPS) is 10.7. The van der Waals surface area contributed by atoms with Crippen LogP contribution in [-0.4, -0.2) is 47.3 Å². The second-order valence-corrected chi connectivity index (χ2v) is 9.61.